The van der Waals surface area contributed by atoms with Crippen molar-refractivity contribution in [2.75, 3.05) is 26.8 Å². The lowest BCUT2D eigenvalue weighted by Gasteiger charge is -2.37. The first-order chi connectivity index (χ1) is 9.09. The molecule has 1 aliphatic heterocycles. The molecule has 1 saturated carbocycles. The number of amides is 1. The van der Waals surface area contributed by atoms with Gasteiger partial charge in [0.25, 0.3) is 0 Å². The highest BCUT2D eigenvalue weighted by Crippen LogP contribution is 2.31. The van der Waals surface area contributed by atoms with Gasteiger partial charge in [-0.1, -0.05) is 26.2 Å². The third-order valence-corrected chi connectivity index (χ3v) is 4.93. The van der Waals surface area contributed by atoms with Crippen LogP contribution in [0.3, 0.4) is 0 Å². The first-order valence-electron chi connectivity index (χ1n) is 7.91. The number of hydrogen-bond donors (Lipinski definition) is 0. The van der Waals surface area contributed by atoms with Crippen LogP contribution in [-0.2, 0) is 9.53 Å². The van der Waals surface area contributed by atoms with E-state index in [-0.39, 0.29) is 5.41 Å². The molecule has 3 nitrogen and oxygen atoms in total. The molecule has 1 saturated heterocycles. The molecule has 2 rings (SSSR count). The minimum absolute atomic E-state index is 0.259. The Morgan fingerprint density at radius 2 is 1.84 bits per heavy atom. The number of rotatable bonds is 4. The van der Waals surface area contributed by atoms with E-state index in [1.165, 1.54) is 32.1 Å². The van der Waals surface area contributed by atoms with Crippen molar-refractivity contribution >= 4 is 5.91 Å². The molecule has 1 heterocycles. The van der Waals surface area contributed by atoms with Crippen molar-refractivity contribution in [1.29, 1.82) is 0 Å². The van der Waals surface area contributed by atoms with E-state index < -0.39 is 0 Å². The normalized spacial score (nSPS) is 24.1. The van der Waals surface area contributed by atoms with E-state index in [4.69, 9.17) is 4.74 Å². The summed E-state index contributed by atoms with van der Waals surface area (Å²) in [4.78, 5) is 14.3. The van der Waals surface area contributed by atoms with Crippen molar-refractivity contribution in [3.05, 3.63) is 0 Å². The molecule has 0 atom stereocenters. The second kappa shape index (κ2) is 6.74. The van der Waals surface area contributed by atoms with Gasteiger partial charge in [-0.25, -0.2) is 0 Å². The molecule has 0 spiro atoms. The van der Waals surface area contributed by atoms with Crippen LogP contribution in [0.25, 0.3) is 0 Å². The lowest BCUT2D eigenvalue weighted by molar-refractivity contribution is -0.133. The summed E-state index contributed by atoms with van der Waals surface area (Å²) in [6.07, 6.45) is 9.42. The molecule has 19 heavy (non-hydrogen) atoms. The third-order valence-electron chi connectivity index (χ3n) is 4.93. The Morgan fingerprint density at radius 1 is 1.21 bits per heavy atom. The Hall–Kier alpha value is -0.570. The molecular formula is C16H29NO2. The summed E-state index contributed by atoms with van der Waals surface area (Å²) in [5.74, 6) is 0.991. The van der Waals surface area contributed by atoms with Crippen LogP contribution in [0.1, 0.15) is 58.3 Å². The predicted octanol–water partition coefficient (Wildman–Crippen LogP) is 3.23. The van der Waals surface area contributed by atoms with Crippen LogP contribution in [0, 0.1) is 11.3 Å². The average Bonchev–Trinajstić information content (AvgIpc) is 2.40. The molecule has 2 aliphatic rings. The predicted molar refractivity (Wildman–Crippen MR) is 77.0 cm³/mol. The summed E-state index contributed by atoms with van der Waals surface area (Å²) >= 11 is 0. The summed E-state index contributed by atoms with van der Waals surface area (Å²) in [7, 11) is 1.98. The minimum atomic E-state index is 0.259. The number of carbonyl (C=O) groups excluding carboxylic acids is 1. The van der Waals surface area contributed by atoms with Crippen molar-refractivity contribution in [2.24, 2.45) is 11.3 Å². The molecular weight excluding hydrogens is 238 g/mol. The van der Waals surface area contributed by atoms with Crippen LogP contribution in [0.5, 0.6) is 0 Å². The lowest BCUT2D eigenvalue weighted by atomic mass is 9.81. The number of ether oxygens (including phenoxy) is 1. The third kappa shape index (κ3) is 4.48. The molecule has 0 unspecified atom stereocenters. The van der Waals surface area contributed by atoms with Crippen LogP contribution in [0.4, 0.5) is 0 Å². The monoisotopic (exact) mass is 267 g/mol. The van der Waals surface area contributed by atoms with Gasteiger partial charge in [-0.2, -0.15) is 0 Å². The number of hydrogen-bond acceptors (Lipinski definition) is 2. The SMILES string of the molecule is CN(CC1(C)CCOCC1)C(=O)CC1CCCCC1. The first-order valence-corrected chi connectivity index (χ1v) is 7.91. The molecule has 0 aromatic rings. The minimum Gasteiger partial charge on any atom is -0.381 e. The van der Waals surface area contributed by atoms with Gasteiger partial charge in [0, 0.05) is 33.2 Å². The van der Waals surface area contributed by atoms with Gasteiger partial charge in [0.05, 0.1) is 0 Å². The summed E-state index contributed by atoms with van der Waals surface area (Å²) in [6.45, 7) is 4.88. The molecule has 0 bridgehead atoms. The van der Waals surface area contributed by atoms with E-state index in [0.717, 1.165) is 39.0 Å². The zero-order valence-electron chi connectivity index (χ0n) is 12.6. The van der Waals surface area contributed by atoms with E-state index in [1.807, 2.05) is 11.9 Å². The zero-order valence-corrected chi connectivity index (χ0v) is 12.6. The molecule has 1 amide bonds. The Bertz CT molecular complexity index is 291. The fourth-order valence-corrected chi connectivity index (χ4v) is 3.48. The van der Waals surface area contributed by atoms with Gasteiger partial charge >= 0.3 is 0 Å². The van der Waals surface area contributed by atoms with E-state index in [1.54, 1.807) is 0 Å². The topological polar surface area (TPSA) is 29.5 Å². The second-order valence-electron chi connectivity index (χ2n) is 6.88. The smallest absolute Gasteiger partial charge is 0.222 e. The molecule has 1 aliphatic carbocycles. The van der Waals surface area contributed by atoms with E-state index >= 15 is 0 Å². The molecule has 0 N–H and O–H groups in total. The Kier molecular flexibility index (Phi) is 5.26. The molecule has 2 fully saturated rings. The highest BCUT2D eigenvalue weighted by Gasteiger charge is 2.30. The van der Waals surface area contributed by atoms with E-state index in [2.05, 4.69) is 6.92 Å². The molecule has 110 valence electrons. The van der Waals surface area contributed by atoms with Crippen LogP contribution >= 0.6 is 0 Å². The van der Waals surface area contributed by atoms with Crippen LogP contribution in [-0.4, -0.2) is 37.6 Å². The van der Waals surface area contributed by atoms with Crippen LogP contribution in [0.2, 0.25) is 0 Å². The summed E-state index contributed by atoms with van der Waals surface area (Å²) in [5.41, 5.74) is 0.259. The molecule has 0 radical (unpaired) electrons. The standard InChI is InChI=1S/C16H29NO2/c1-16(8-10-19-11-9-16)13-17(2)15(18)12-14-6-4-3-5-7-14/h14H,3-13H2,1-2H3. The van der Waals surface area contributed by atoms with Crippen LogP contribution in [0.15, 0.2) is 0 Å². The van der Waals surface area contributed by atoms with Gasteiger partial charge < -0.3 is 9.64 Å². The lowest BCUT2D eigenvalue weighted by Crippen LogP contribution is -2.41. The summed E-state index contributed by atoms with van der Waals surface area (Å²) < 4.78 is 5.43. The molecule has 0 aromatic carbocycles. The van der Waals surface area contributed by atoms with Gasteiger partial charge in [-0.15, -0.1) is 0 Å². The van der Waals surface area contributed by atoms with Gasteiger partial charge in [-0.05, 0) is 37.0 Å². The van der Waals surface area contributed by atoms with Gasteiger partial charge in [0.1, 0.15) is 0 Å². The largest absolute Gasteiger partial charge is 0.381 e. The average molecular weight is 267 g/mol. The van der Waals surface area contributed by atoms with E-state index in [0.29, 0.717) is 11.8 Å². The van der Waals surface area contributed by atoms with Crippen LogP contribution < -0.4 is 0 Å². The quantitative estimate of drug-likeness (QED) is 0.782. The Balaban J connectivity index is 1.77. The maximum atomic E-state index is 12.3. The Morgan fingerprint density at radius 3 is 2.47 bits per heavy atom. The number of carbonyl (C=O) groups is 1. The molecule has 3 heteroatoms. The summed E-state index contributed by atoms with van der Waals surface area (Å²) in [5, 5.41) is 0. The maximum absolute atomic E-state index is 12.3. The fourth-order valence-electron chi connectivity index (χ4n) is 3.48. The van der Waals surface area contributed by atoms with Crippen molar-refractivity contribution < 1.29 is 9.53 Å². The van der Waals surface area contributed by atoms with E-state index in [9.17, 15) is 4.79 Å². The highest BCUT2D eigenvalue weighted by atomic mass is 16.5. The second-order valence-corrected chi connectivity index (χ2v) is 6.88. The fraction of sp³-hybridized carbons (Fsp3) is 0.938. The van der Waals surface area contributed by atoms with Gasteiger partial charge in [-0.3, -0.25) is 4.79 Å². The van der Waals surface area contributed by atoms with Crippen molar-refractivity contribution in [2.45, 2.75) is 58.3 Å². The van der Waals surface area contributed by atoms with Crippen molar-refractivity contribution in [3.63, 3.8) is 0 Å². The zero-order chi connectivity index (χ0) is 13.7. The summed E-state index contributed by atoms with van der Waals surface area (Å²) in [6, 6.07) is 0. The van der Waals surface area contributed by atoms with Crippen molar-refractivity contribution in [3.8, 4) is 0 Å². The Labute approximate surface area is 117 Å². The van der Waals surface area contributed by atoms with Crippen molar-refractivity contribution in [1.82, 2.24) is 4.90 Å². The maximum Gasteiger partial charge on any atom is 0.222 e. The van der Waals surface area contributed by atoms with Gasteiger partial charge in [0.2, 0.25) is 5.91 Å². The highest BCUT2D eigenvalue weighted by molar-refractivity contribution is 5.76. The first kappa shape index (κ1) is 14.8. The number of nitrogens with zero attached hydrogens (tertiary/aromatic N) is 1. The van der Waals surface area contributed by atoms with Gasteiger partial charge in [0.15, 0.2) is 0 Å². The molecule has 0 aromatic heterocycles.